The molecule has 26 heavy (non-hydrogen) atoms. The molecule has 1 amide bonds. The van der Waals surface area contributed by atoms with Crippen LogP contribution in [0.4, 0.5) is 4.39 Å². The fourth-order valence-corrected chi connectivity index (χ4v) is 2.82. The Morgan fingerprint density at radius 1 is 1.15 bits per heavy atom. The first-order valence-electron chi connectivity index (χ1n) is 8.46. The fourth-order valence-electron chi connectivity index (χ4n) is 2.82. The van der Waals surface area contributed by atoms with Gasteiger partial charge < -0.3 is 0 Å². The van der Waals surface area contributed by atoms with E-state index in [9.17, 15) is 9.18 Å². The summed E-state index contributed by atoms with van der Waals surface area (Å²) in [4.78, 5) is 11.4. The number of hydroxylamine groups is 1. The average Bonchev–Trinajstić information content (AvgIpc) is 3.05. The maximum atomic E-state index is 13.2. The molecule has 6 heteroatoms. The lowest BCUT2D eigenvalue weighted by Crippen LogP contribution is -2.18. The highest BCUT2D eigenvalue weighted by Crippen LogP contribution is 2.23. The fraction of sp³-hybridized carbons (Fsp3) is 0.200. The summed E-state index contributed by atoms with van der Waals surface area (Å²) in [5.74, 6) is -0.820. The summed E-state index contributed by atoms with van der Waals surface area (Å²) >= 11 is 0. The van der Waals surface area contributed by atoms with Crippen LogP contribution in [-0.2, 0) is 13.0 Å². The third kappa shape index (κ3) is 3.97. The van der Waals surface area contributed by atoms with Gasteiger partial charge in [0.05, 0.1) is 17.9 Å². The molecule has 0 spiro atoms. The number of hydrogen-bond acceptors (Lipinski definition) is 3. The predicted molar refractivity (Wildman–Crippen MR) is 96.4 cm³/mol. The molecular formula is C20H20FN3O2. The Balaban J connectivity index is 1.90. The highest BCUT2D eigenvalue weighted by atomic mass is 19.1. The van der Waals surface area contributed by atoms with E-state index in [1.807, 2.05) is 22.9 Å². The molecule has 1 heterocycles. The summed E-state index contributed by atoms with van der Waals surface area (Å²) in [7, 11) is 0. The Morgan fingerprint density at radius 3 is 2.46 bits per heavy atom. The maximum Gasteiger partial charge on any atom is 0.274 e. The van der Waals surface area contributed by atoms with E-state index >= 15 is 0 Å². The molecule has 0 saturated heterocycles. The second-order valence-electron chi connectivity index (χ2n) is 6.07. The number of amides is 1. The van der Waals surface area contributed by atoms with Crippen LogP contribution in [0.3, 0.4) is 0 Å². The number of aromatic nitrogens is 2. The number of halogens is 1. The number of aryl methyl sites for hydroxylation is 1. The van der Waals surface area contributed by atoms with Gasteiger partial charge in [-0.05, 0) is 54.4 Å². The minimum atomic E-state index is -0.548. The first-order valence-corrected chi connectivity index (χ1v) is 8.46. The molecule has 1 aromatic heterocycles. The molecule has 0 atom stereocenters. The topological polar surface area (TPSA) is 67.2 Å². The zero-order chi connectivity index (χ0) is 18.5. The molecular weight excluding hydrogens is 333 g/mol. The van der Waals surface area contributed by atoms with E-state index in [2.05, 4.69) is 12.0 Å². The van der Waals surface area contributed by atoms with Gasteiger partial charge >= 0.3 is 0 Å². The SMILES string of the molecule is CCCc1cc(-c2ccc(F)cc2)n(Cc2ccc(C(=O)NO)cc2)n1. The minimum absolute atomic E-state index is 0.272. The third-order valence-corrected chi connectivity index (χ3v) is 4.13. The van der Waals surface area contributed by atoms with Crippen LogP contribution in [0, 0.1) is 5.82 Å². The quantitative estimate of drug-likeness (QED) is 0.523. The van der Waals surface area contributed by atoms with Crippen molar-refractivity contribution in [1.29, 1.82) is 0 Å². The molecule has 0 radical (unpaired) electrons. The molecule has 2 aromatic carbocycles. The lowest BCUT2D eigenvalue weighted by atomic mass is 10.1. The summed E-state index contributed by atoms with van der Waals surface area (Å²) in [6, 6.07) is 15.3. The Morgan fingerprint density at radius 2 is 1.85 bits per heavy atom. The van der Waals surface area contributed by atoms with E-state index < -0.39 is 5.91 Å². The monoisotopic (exact) mass is 353 g/mol. The number of nitrogens with one attached hydrogen (secondary N) is 1. The van der Waals surface area contributed by atoms with Crippen molar-refractivity contribution in [2.75, 3.05) is 0 Å². The van der Waals surface area contributed by atoms with E-state index in [4.69, 9.17) is 5.21 Å². The van der Waals surface area contributed by atoms with Crippen LogP contribution in [0.1, 0.15) is 35.0 Å². The third-order valence-electron chi connectivity index (χ3n) is 4.13. The van der Waals surface area contributed by atoms with Gasteiger partial charge in [0.15, 0.2) is 0 Å². The second-order valence-corrected chi connectivity index (χ2v) is 6.07. The van der Waals surface area contributed by atoms with E-state index in [0.717, 1.165) is 35.4 Å². The van der Waals surface area contributed by atoms with Gasteiger partial charge in [0.25, 0.3) is 5.91 Å². The Kier molecular flexibility index (Phi) is 5.43. The van der Waals surface area contributed by atoms with Gasteiger partial charge in [-0.2, -0.15) is 5.10 Å². The van der Waals surface area contributed by atoms with Crippen LogP contribution in [0.5, 0.6) is 0 Å². The molecule has 3 rings (SSSR count). The van der Waals surface area contributed by atoms with Crippen molar-refractivity contribution in [2.45, 2.75) is 26.3 Å². The van der Waals surface area contributed by atoms with Gasteiger partial charge in [-0.1, -0.05) is 25.5 Å². The van der Waals surface area contributed by atoms with Crippen LogP contribution in [-0.4, -0.2) is 20.9 Å². The highest BCUT2D eigenvalue weighted by Gasteiger charge is 2.11. The number of nitrogens with zero attached hydrogens (tertiary/aromatic N) is 2. The van der Waals surface area contributed by atoms with E-state index in [1.165, 1.54) is 12.1 Å². The molecule has 134 valence electrons. The first kappa shape index (κ1) is 17.8. The van der Waals surface area contributed by atoms with Crippen LogP contribution in [0.15, 0.2) is 54.6 Å². The van der Waals surface area contributed by atoms with Gasteiger partial charge in [0, 0.05) is 11.1 Å². The van der Waals surface area contributed by atoms with Gasteiger partial charge in [-0.25, -0.2) is 9.87 Å². The zero-order valence-corrected chi connectivity index (χ0v) is 14.4. The van der Waals surface area contributed by atoms with Crippen LogP contribution in [0.2, 0.25) is 0 Å². The van der Waals surface area contributed by atoms with Gasteiger partial charge in [0.2, 0.25) is 0 Å². The summed E-state index contributed by atoms with van der Waals surface area (Å²) in [5.41, 5.74) is 5.77. The molecule has 0 saturated carbocycles. The lowest BCUT2D eigenvalue weighted by molar-refractivity contribution is 0.0706. The van der Waals surface area contributed by atoms with E-state index in [0.29, 0.717) is 12.1 Å². The van der Waals surface area contributed by atoms with Crippen LogP contribution >= 0.6 is 0 Å². The summed E-state index contributed by atoms with van der Waals surface area (Å²) in [6.45, 7) is 2.62. The summed E-state index contributed by atoms with van der Waals surface area (Å²) < 4.78 is 15.1. The van der Waals surface area contributed by atoms with Crippen molar-refractivity contribution in [3.8, 4) is 11.3 Å². The van der Waals surface area contributed by atoms with Crippen molar-refractivity contribution in [1.82, 2.24) is 15.3 Å². The first-order chi connectivity index (χ1) is 12.6. The summed E-state index contributed by atoms with van der Waals surface area (Å²) in [5, 5.41) is 13.4. The average molecular weight is 353 g/mol. The highest BCUT2D eigenvalue weighted by molar-refractivity contribution is 5.93. The summed E-state index contributed by atoms with van der Waals surface area (Å²) in [6.07, 6.45) is 1.86. The molecule has 5 nitrogen and oxygen atoms in total. The van der Waals surface area contributed by atoms with Crippen molar-refractivity contribution < 1.29 is 14.4 Å². The van der Waals surface area contributed by atoms with E-state index in [-0.39, 0.29) is 5.82 Å². The number of benzene rings is 2. The number of rotatable bonds is 6. The van der Waals surface area contributed by atoms with Crippen LogP contribution < -0.4 is 5.48 Å². The molecule has 0 unspecified atom stereocenters. The number of hydrogen-bond donors (Lipinski definition) is 2. The number of carbonyl (C=O) groups excluding carboxylic acids is 1. The normalized spacial score (nSPS) is 10.7. The van der Waals surface area contributed by atoms with Gasteiger partial charge in [-0.3, -0.25) is 14.7 Å². The Hall–Kier alpha value is -2.99. The molecule has 0 bridgehead atoms. The largest absolute Gasteiger partial charge is 0.288 e. The van der Waals surface area contributed by atoms with E-state index in [1.54, 1.807) is 29.7 Å². The maximum absolute atomic E-state index is 13.2. The van der Waals surface area contributed by atoms with Crippen LogP contribution in [0.25, 0.3) is 11.3 Å². The lowest BCUT2D eigenvalue weighted by Gasteiger charge is -2.08. The molecule has 0 aliphatic rings. The molecule has 3 aromatic rings. The molecule has 0 aliphatic heterocycles. The smallest absolute Gasteiger partial charge is 0.274 e. The Labute approximate surface area is 151 Å². The minimum Gasteiger partial charge on any atom is -0.288 e. The molecule has 2 N–H and O–H groups in total. The van der Waals surface area contributed by atoms with Gasteiger partial charge in [0.1, 0.15) is 5.82 Å². The molecule has 0 aliphatic carbocycles. The standard InChI is InChI=1S/C20H20FN3O2/c1-2-3-18-12-19(15-8-10-17(21)11-9-15)24(22-18)13-14-4-6-16(7-5-14)20(25)23-26/h4-12,26H,2-3,13H2,1H3,(H,23,25). The Bertz CT molecular complexity index is 886. The number of carbonyl (C=O) groups is 1. The van der Waals surface area contributed by atoms with Gasteiger partial charge in [-0.15, -0.1) is 0 Å². The second kappa shape index (κ2) is 7.93. The van der Waals surface area contributed by atoms with Crippen molar-refractivity contribution >= 4 is 5.91 Å². The predicted octanol–water partition coefficient (Wildman–Crippen LogP) is 3.81. The van der Waals surface area contributed by atoms with Crippen molar-refractivity contribution in [3.05, 3.63) is 77.2 Å². The van der Waals surface area contributed by atoms with Crippen molar-refractivity contribution in [3.63, 3.8) is 0 Å². The molecule has 0 fully saturated rings. The zero-order valence-electron chi connectivity index (χ0n) is 14.4. The van der Waals surface area contributed by atoms with Crippen molar-refractivity contribution in [2.24, 2.45) is 0 Å².